The minimum Gasteiger partial charge on any atom is -0.497 e. The highest BCUT2D eigenvalue weighted by Crippen LogP contribution is 2.29. The Kier molecular flexibility index (Phi) is 5.48. The Bertz CT molecular complexity index is 1480. The molecule has 0 bridgehead atoms. The number of carbonyl (C=O) groups is 3. The number of hydrogen-bond donors (Lipinski definition) is 2. The lowest BCUT2D eigenvalue weighted by atomic mass is 9.99. The summed E-state index contributed by atoms with van der Waals surface area (Å²) in [7, 11) is 3.41. The second kappa shape index (κ2) is 8.53. The van der Waals surface area contributed by atoms with Crippen LogP contribution in [0, 0.1) is 25.7 Å². The van der Waals surface area contributed by atoms with Gasteiger partial charge in [0, 0.05) is 42.2 Å². The number of urea groups is 1. The Balaban J connectivity index is 1.42. The van der Waals surface area contributed by atoms with Gasteiger partial charge in [0.15, 0.2) is 0 Å². The van der Waals surface area contributed by atoms with E-state index in [-0.39, 0.29) is 12.5 Å². The molecule has 1 aromatic carbocycles. The monoisotopic (exact) mass is 484 g/mol. The summed E-state index contributed by atoms with van der Waals surface area (Å²) in [6.07, 6.45) is 1.61. The SMILES string of the molecule is COc1ccc2c(c1)C(=O)N(C[C@@]1(C#Cc3ccc(-c4c(C)nn(C)c4C)nc3)NC(=O)NC1=O)C2. The summed E-state index contributed by atoms with van der Waals surface area (Å²) in [5, 5.41) is 9.29. The molecule has 10 heteroatoms. The molecule has 1 atom stereocenters. The van der Waals surface area contributed by atoms with Crippen molar-refractivity contribution < 1.29 is 19.1 Å². The van der Waals surface area contributed by atoms with Gasteiger partial charge in [0.25, 0.3) is 11.8 Å². The first kappa shape index (κ1) is 23.1. The molecule has 0 radical (unpaired) electrons. The molecule has 3 aromatic rings. The fraction of sp³-hybridized carbons (Fsp3) is 0.269. The van der Waals surface area contributed by atoms with Gasteiger partial charge in [-0.3, -0.25) is 24.6 Å². The van der Waals surface area contributed by atoms with Crippen molar-refractivity contribution in [2.75, 3.05) is 13.7 Å². The Morgan fingerprint density at radius 3 is 2.58 bits per heavy atom. The van der Waals surface area contributed by atoms with E-state index in [1.54, 1.807) is 29.1 Å². The van der Waals surface area contributed by atoms with Gasteiger partial charge in [-0.25, -0.2) is 4.79 Å². The zero-order chi connectivity index (χ0) is 25.6. The first-order valence-corrected chi connectivity index (χ1v) is 11.3. The predicted octanol–water partition coefficient (Wildman–Crippen LogP) is 1.69. The van der Waals surface area contributed by atoms with Crippen LogP contribution in [-0.4, -0.2) is 56.7 Å². The van der Waals surface area contributed by atoms with Crippen molar-refractivity contribution >= 4 is 17.8 Å². The molecule has 0 saturated carbocycles. The van der Waals surface area contributed by atoms with Crippen molar-refractivity contribution in [1.29, 1.82) is 0 Å². The molecule has 2 aliphatic heterocycles. The highest BCUT2D eigenvalue weighted by molar-refractivity contribution is 6.10. The van der Waals surface area contributed by atoms with Crippen molar-refractivity contribution in [2.45, 2.75) is 25.9 Å². The van der Waals surface area contributed by atoms with Crippen LogP contribution in [0.1, 0.15) is 32.9 Å². The van der Waals surface area contributed by atoms with Crippen molar-refractivity contribution in [1.82, 2.24) is 30.3 Å². The fourth-order valence-corrected chi connectivity index (χ4v) is 4.55. The lowest BCUT2D eigenvalue weighted by molar-refractivity contribution is -0.122. The van der Waals surface area contributed by atoms with Crippen LogP contribution in [0.2, 0.25) is 0 Å². The number of fused-ring (bicyclic) bond motifs is 1. The molecule has 1 fully saturated rings. The molecule has 10 nitrogen and oxygen atoms in total. The van der Waals surface area contributed by atoms with Gasteiger partial charge in [0.2, 0.25) is 5.54 Å². The molecule has 0 spiro atoms. The first-order valence-electron chi connectivity index (χ1n) is 11.3. The van der Waals surface area contributed by atoms with E-state index in [1.165, 1.54) is 12.0 Å². The van der Waals surface area contributed by atoms with Crippen LogP contribution in [0.15, 0.2) is 36.5 Å². The molecule has 4 heterocycles. The average Bonchev–Trinajstić information content (AvgIpc) is 3.42. The predicted molar refractivity (Wildman–Crippen MR) is 130 cm³/mol. The number of methoxy groups -OCH3 is 1. The summed E-state index contributed by atoms with van der Waals surface area (Å²) in [5.41, 5.74) is 3.88. The zero-order valence-corrected chi connectivity index (χ0v) is 20.3. The molecule has 2 aromatic heterocycles. The second-order valence-corrected chi connectivity index (χ2v) is 8.85. The summed E-state index contributed by atoms with van der Waals surface area (Å²) < 4.78 is 7.03. The fourth-order valence-electron chi connectivity index (χ4n) is 4.55. The topological polar surface area (TPSA) is 118 Å². The van der Waals surface area contributed by atoms with Crippen molar-refractivity contribution in [3.8, 4) is 28.8 Å². The molecule has 4 amide bonds. The van der Waals surface area contributed by atoms with Crippen LogP contribution in [0.25, 0.3) is 11.3 Å². The van der Waals surface area contributed by atoms with Crippen molar-refractivity contribution in [2.24, 2.45) is 7.05 Å². The van der Waals surface area contributed by atoms with Gasteiger partial charge >= 0.3 is 6.03 Å². The van der Waals surface area contributed by atoms with Gasteiger partial charge in [-0.05, 0) is 43.7 Å². The molecule has 1 saturated heterocycles. The molecule has 2 N–H and O–H groups in total. The minimum atomic E-state index is -1.59. The average molecular weight is 485 g/mol. The van der Waals surface area contributed by atoms with Gasteiger partial charge < -0.3 is 15.0 Å². The van der Waals surface area contributed by atoms with E-state index < -0.39 is 17.5 Å². The lowest BCUT2D eigenvalue weighted by Crippen LogP contribution is -2.54. The number of rotatable bonds is 4. The van der Waals surface area contributed by atoms with Gasteiger partial charge in [-0.2, -0.15) is 5.10 Å². The number of carbonyl (C=O) groups excluding carboxylic acids is 3. The van der Waals surface area contributed by atoms with Crippen LogP contribution in [0.4, 0.5) is 4.79 Å². The van der Waals surface area contributed by atoms with E-state index in [2.05, 4.69) is 32.6 Å². The maximum atomic E-state index is 13.0. The van der Waals surface area contributed by atoms with Gasteiger partial charge in [-0.15, -0.1) is 0 Å². The number of nitrogens with zero attached hydrogens (tertiary/aromatic N) is 4. The Morgan fingerprint density at radius 2 is 1.97 bits per heavy atom. The molecule has 5 rings (SSSR count). The highest BCUT2D eigenvalue weighted by atomic mass is 16.5. The lowest BCUT2D eigenvalue weighted by Gasteiger charge is -2.26. The summed E-state index contributed by atoms with van der Waals surface area (Å²) in [6.45, 7) is 4.10. The summed E-state index contributed by atoms with van der Waals surface area (Å²) in [6, 6.07) is 8.25. The van der Waals surface area contributed by atoms with E-state index in [0.29, 0.717) is 23.4 Å². The molecular weight excluding hydrogens is 460 g/mol. The smallest absolute Gasteiger partial charge is 0.323 e. The number of aryl methyl sites for hydroxylation is 2. The Morgan fingerprint density at radius 1 is 1.17 bits per heavy atom. The normalized spacial score (nSPS) is 18.4. The largest absolute Gasteiger partial charge is 0.497 e. The third-order valence-electron chi connectivity index (χ3n) is 6.51. The number of nitrogens with one attached hydrogen (secondary N) is 2. The van der Waals surface area contributed by atoms with Crippen LogP contribution >= 0.6 is 0 Å². The number of amides is 4. The van der Waals surface area contributed by atoms with E-state index in [0.717, 1.165) is 28.2 Å². The molecule has 2 aliphatic rings. The maximum Gasteiger partial charge on any atom is 0.323 e. The third-order valence-corrected chi connectivity index (χ3v) is 6.51. The number of ether oxygens (including phenoxy) is 1. The quantitative estimate of drug-likeness (QED) is 0.430. The zero-order valence-electron chi connectivity index (χ0n) is 20.3. The molecule has 0 unspecified atom stereocenters. The highest BCUT2D eigenvalue weighted by Gasteiger charge is 2.48. The number of aromatic nitrogens is 3. The Labute approximate surface area is 207 Å². The molecule has 0 aliphatic carbocycles. The van der Waals surface area contributed by atoms with Gasteiger partial charge in [0.05, 0.1) is 25.0 Å². The first-order chi connectivity index (χ1) is 17.2. The van der Waals surface area contributed by atoms with Crippen molar-refractivity contribution in [3.05, 3.63) is 64.6 Å². The van der Waals surface area contributed by atoms with Gasteiger partial charge in [0.1, 0.15) is 5.75 Å². The van der Waals surface area contributed by atoms with E-state index >= 15 is 0 Å². The second-order valence-electron chi connectivity index (χ2n) is 8.85. The van der Waals surface area contributed by atoms with E-state index in [4.69, 9.17) is 4.74 Å². The van der Waals surface area contributed by atoms with E-state index in [9.17, 15) is 14.4 Å². The Hall–Kier alpha value is -4.65. The van der Waals surface area contributed by atoms with Crippen LogP contribution in [0.5, 0.6) is 5.75 Å². The van der Waals surface area contributed by atoms with Crippen LogP contribution < -0.4 is 15.4 Å². The summed E-state index contributed by atoms with van der Waals surface area (Å²) in [4.78, 5) is 44.0. The molecule has 182 valence electrons. The molecular formula is C26H24N6O4. The standard InChI is InChI=1S/C26H24N6O4/c1-15-22(16(2)31(3)30-15)21-8-5-17(12-27-21)9-10-26(24(34)28-25(35)29-26)14-32-13-18-6-7-19(36-4)11-20(18)23(32)33/h5-8,11-12H,13-14H2,1-4H3,(H2,28,29,34,35)/t26-/m1/s1. The molecule has 36 heavy (non-hydrogen) atoms. The summed E-state index contributed by atoms with van der Waals surface area (Å²) in [5.74, 6) is 5.56. The third kappa shape index (κ3) is 3.84. The summed E-state index contributed by atoms with van der Waals surface area (Å²) >= 11 is 0. The number of benzene rings is 1. The van der Waals surface area contributed by atoms with E-state index in [1.807, 2.05) is 33.0 Å². The van der Waals surface area contributed by atoms with Crippen LogP contribution in [-0.2, 0) is 18.4 Å². The number of imide groups is 1. The minimum absolute atomic E-state index is 0.104. The number of hydrogen-bond acceptors (Lipinski definition) is 6. The van der Waals surface area contributed by atoms with Crippen molar-refractivity contribution in [3.63, 3.8) is 0 Å². The maximum absolute atomic E-state index is 13.0. The van der Waals surface area contributed by atoms with Gasteiger partial charge in [-0.1, -0.05) is 17.9 Å². The number of pyridine rings is 1. The van der Waals surface area contributed by atoms with Crippen LogP contribution in [0.3, 0.4) is 0 Å².